The van der Waals surface area contributed by atoms with Crippen LogP contribution in [-0.4, -0.2) is 57.5 Å². The lowest BCUT2D eigenvalue weighted by Gasteiger charge is -2.24. The molecule has 0 saturated carbocycles. The largest absolute Gasteiger partial charge is 0.394 e. The van der Waals surface area contributed by atoms with E-state index in [0.29, 0.717) is 0 Å². The van der Waals surface area contributed by atoms with E-state index in [1.54, 1.807) is 18.2 Å². The van der Waals surface area contributed by atoms with Crippen molar-refractivity contribution in [3.63, 3.8) is 0 Å². The monoisotopic (exact) mass is 296 g/mol. The molecule has 1 amide bonds. The Balaban J connectivity index is 2.83. The molecule has 0 heterocycles. The van der Waals surface area contributed by atoms with Crippen LogP contribution in [0.2, 0.25) is 0 Å². The van der Waals surface area contributed by atoms with Crippen molar-refractivity contribution < 1.29 is 25.2 Å². The fourth-order valence-corrected chi connectivity index (χ4v) is 1.74. The lowest BCUT2D eigenvalue weighted by atomic mass is 9.95. The van der Waals surface area contributed by atoms with Gasteiger partial charge in [-0.3, -0.25) is 9.79 Å². The highest BCUT2D eigenvalue weighted by molar-refractivity contribution is 5.98. The highest BCUT2D eigenvalue weighted by atomic mass is 16.3. The number of aliphatic imine (C=N–C) groups is 1. The molecule has 0 spiro atoms. The molecule has 6 N–H and O–H groups in total. The van der Waals surface area contributed by atoms with Gasteiger partial charge in [0.05, 0.1) is 30.1 Å². The number of hydrogen-bond donors (Lipinski definition) is 5. The van der Waals surface area contributed by atoms with Gasteiger partial charge >= 0.3 is 0 Å². The van der Waals surface area contributed by atoms with Crippen molar-refractivity contribution in [2.45, 2.75) is 25.2 Å². The number of aliphatic hydroxyl groups excluding tert-OH is 4. The maximum absolute atomic E-state index is 11.2. The van der Waals surface area contributed by atoms with Crippen molar-refractivity contribution in [3.05, 3.63) is 29.8 Å². The normalized spacial score (nSPS) is 17.4. The number of rotatable bonds is 7. The summed E-state index contributed by atoms with van der Waals surface area (Å²) in [5.41, 5.74) is 5.66. The number of nitrogens with two attached hydrogens (primary N) is 1. The Morgan fingerprint density at radius 2 is 1.95 bits per heavy atom. The van der Waals surface area contributed by atoms with Gasteiger partial charge in [-0.1, -0.05) is 19.1 Å². The molecular weight excluding hydrogens is 276 g/mol. The van der Waals surface area contributed by atoms with E-state index in [-0.39, 0.29) is 11.3 Å². The zero-order valence-electron chi connectivity index (χ0n) is 11.6. The molecule has 7 heteroatoms. The second-order valence-electron chi connectivity index (χ2n) is 4.75. The van der Waals surface area contributed by atoms with Crippen molar-refractivity contribution in [1.82, 2.24) is 0 Å². The lowest BCUT2D eigenvalue weighted by Crippen LogP contribution is -2.40. The second kappa shape index (κ2) is 7.84. The second-order valence-corrected chi connectivity index (χ2v) is 4.75. The molecule has 7 nitrogen and oxygen atoms in total. The summed E-state index contributed by atoms with van der Waals surface area (Å²) in [5.74, 6) is -1.40. The van der Waals surface area contributed by atoms with Crippen LogP contribution >= 0.6 is 0 Å². The van der Waals surface area contributed by atoms with Gasteiger partial charge in [0.25, 0.3) is 5.91 Å². The van der Waals surface area contributed by atoms with Crippen LogP contribution in [0.1, 0.15) is 17.3 Å². The summed E-state index contributed by atoms with van der Waals surface area (Å²) >= 11 is 0. The van der Waals surface area contributed by atoms with Crippen LogP contribution in [0.15, 0.2) is 29.3 Å². The standard InChI is InChI=1S/C14H20N2O5/c1-8(12(19)7-17)13(20)11(18)6-16-10-5-3-2-4-9(10)14(15)21/h2-6,8,11-13,17-20H,7H2,1H3,(H2,15,21)/b16-6+. The van der Waals surface area contributed by atoms with E-state index in [1.165, 1.54) is 13.0 Å². The Bertz CT molecular complexity index is 506. The Labute approximate surface area is 122 Å². The molecule has 0 bridgehead atoms. The van der Waals surface area contributed by atoms with E-state index in [9.17, 15) is 20.1 Å². The van der Waals surface area contributed by atoms with Crippen molar-refractivity contribution in [2.24, 2.45) is 16.6 Å². The zero-order chi connectivity index (χ0) is 16.0. The maximum Gasteiger partial charge on any atom is 0.250 e. The maximum atomic E-state index is 11.2. The smallest absolute Gasteiger partial charge is 0.250 e. The van der Waals surface area contributed by atoms with Gasteiger partial charge in [0.2, 0.25) is 0 Å². The van der Waals surface area contributed by atoms with Crippen LogP contribution in [0, 0.1) is 5.92 Å². The number of carbonyl (C=O) groups is 1. The Hall–Kier alpha value is -1.80. The fraction of sp³-hybridized carbons (Fsp3) is 0.429. The third-order valence-corrected chi connectivity index (χ3v) is 3.22. The third-order valence-electron chi connectivity index (χ3n) is 3.22. The van der Waals surface area contributed by atoms with Gasteiger partial charge in [0, 0.05) is 12.1 Å². The van der Waals surface area contributed by atoms with Crippen molar-refractivity contribution in [3.8, 4) is 0 Å². The first-order valence-corrected chi connectivity index (χ1v) is 6.46. The van der Waals surface area contributed by atoms with Crippen LogP contribution in [0.3, 0.4) is 0 Å². The van der Waals surface area contributed by atoms with Gasteiger partial charge in [-0.05, 0) is 12.1 Å². The molecule has 0 aliphatic rings. The van der Waals surface area contributed by atoms with Crippen molar-refractivity contribution >= 4 is 17.8 Å². The highest BCUT2D eigenvalue weighted by Crippen LogP contribution is 2.18. The Kier molecular flexibility index (Phi) is 6.44. The van der Waals surface area contributed by atoms with Gasteiger partial charge in [-0.2, -0.15) is 0 Å². The SMILES string of the molecule is CC(C(O)CO)C(O)C(O)/C=N/c1ccccc1C(N)=O. The molecule has 4 atom stereocenters. The number of amides is 1. The molecule has 116 valence electrons. The van der Waals surface area contributed by atoms with Gasteiger partial charge in [-0.25, -0.2) is 0 Å². The summed E-state index contributed by atoms with van der Waals surface area (Å²) in [7, 11) is 0. The number of para-hydroxylation sites is 1. The van der Waals surface area contributed by atoms with E-state index in [1.807, 2.05) is 0 Å². The molecule has 0 saturated heterocycles. The third kappa shape index (κ3) is 4.61. The Morgan fingerprint density at radius 1 is 1.33 bits per heavy atom. The minimum Gasteiger partial charge on any atom is -0.394 e. The van der Waals surface area contributed by atoms with Crippen LogP contribution in [0.4, 0.5) is 5.69 Å². The molecule has 21 heavy (non-hydrogen) atoms. The average molecular weight is 296 g/mol. The average Bonchev–Trinajstić information content (AvgIpc) is 2.50. The van der Waals surface area contributed by atoms with E-state index in [4.69, 9.17) is 10.8 Å². The molecule has 4 unspecified atom stereocenters. The van der Waals surface area contributed by atoms with Crippen LogP contribution < -0.4 is 5.73 Å². The predicted octanol–water partition coefficient (Wildman–Crippen LogP) is -0.801. The summed E-state index contributed by atoms with van der Waals surface area (Å²) in [5, 5.41) is 37.9. The number of aliphatic hydroxyl groups is 4. The Morgan fingerprint density at radius 3 is 2.52 bits per heavy atom. The summed E-state index contributed by atoms with van der Waals surface area (Å²) in [6, 6.07) is 6.32. The topological polar surface area (TPSA) is 136 Å². The minimum atomic E-state index is -1.36. The van der Waals surface area contributed by atoms with Gasteiger partial charge in [-0.15, -0.1) is 0 Å². The van der Waals surface area contributed by atoms with Gasteiger partial charge in [0.15, 0.2) is 0 Å². The molecular formula is C14H20N2O5. The molecule has 0 aromatic heterocycles. The molecule has 1 aromatic rings. The first-order valence-electron chi connectivity index (χ1n) is 6.46. The van der Waals surface area contributed by atoms with Crippen molar-refractivity contribution in [2.75, 3.05) is 6.61 Å². The summed E-state index contributed by atoms with van der Waals surface area (Å²) in [6.45, 7) is 0.965. The van der Waals surface area contributed by atoms with E-state index in [0.717, 1.165) is 6.21 Å². The van der Waals surface area contributed by atoms with Crippen LogP contribution in [0.5, 0.6) is 0 Å². The molecule has 1 aromatic carbocycles. The molecule has 0 aliphatic carbocycles. The zero-order valence-corrected chi connectivity index (χ0v) is 11.6. The quantitative estimate of drug-likeness (QED) is 0.420. The van der Waals surface area contributed by atoms with E-state index < -0.39 is 36.7 Å². The molecule has 0 fully saturated rings. The minimum absolute atomic E-state index is 0.193. The lowest BCUT2D eigenvalue weighted by molar-refractivity contribution is -0.0423. The predicted molar refractivity (Wildman–Crippen MR) is 77.4 cm³/mol. The van der Waals surface area contributed by atoms with Gasteiger partial charge in [0.1, 0.15) is 6.10 Å². The summed E-state index contributed by atoms with van der Waals surface area (Å²) in [6.07, 6.45) is -2.76. The number of benzene rings is 1. The van der Waals surface area contributed by atoms with E-state index in [2.05, 4.69) is 4.99 Å². The summed E-state index contributed by atoms with van der Waals surface area (Å²) < 4.78 is 0. The molecule has 0 aliphatic heterocycles. The number of carbonyl (C=O) groups excluding carboxylic acids is 1. The van der Waals surface area contributed by atoms with Crippen LogP contribution in [0.25, 0.3) is 0 Å². The van der Waals surface area contributed by atoms with Crippen LogP contribution in [-0.2, 0) is 0 Å². The van der Waals surface area contributed by atoms with Gasteiger partial charge < -0.3 is 26.2 Å². The van der Waals surface area contributed by atoms with E-state index >= 15 is 0 Å². The number of primary amides is 1. The fourth-order valence-electron chi connectivity index (χ4n) is 1.74. The number of hydrogen-bond acceptors (Lipinski definition) is 6. The molecule has 1 rings (SSSR count). The molecule has 0 radical (unpaired) electrons. The van der Waals surface area contributed by atoms with Crippen molar-refractivity contribution in [1.29, 1.82) is 0 Å². The summed E-state index contributed by atoms with van der Waals surface area (Å²) in [4.78, 5) is 15.1. The first kappa shape index (κ1) is 17.3. The first-order chi connectivity index (χ1) is 9.88. The highest BCUT2D eigenvalue weighted by Gasteiger charge is 2.27. The number of nitrogens with zero attached hydrogens (tertiary/aromatic N) is 1.